The van der Waals surface area contributed by atoms with Crippen LogP contribution in [-0.2, 0) is 4.79 Å². The molecule has 0 fully saturated rings. The molecule has 1 N–H and O–H groups in total. The number of nitrogens with one attached hydrogen (secondary N) is 1. The van der Waals surface area contributed by atoms with Gasteiger partial charge in [0, 0.05) is 22.1 Å². The Bertz CT molecular complexity index is 865. The Morgan fingerprint density at radius 2 is 1.50 bits per heavy atom. The first-order valence-corrected chi connectivity index (χ1v) is 7.99. The second-order valence-corrected chi connectivity index (χ2v) is 6.62. The van der Waals surface area contributed by atoms with Crippen molar-refractivity contribution >= 4 is 23.2 Å². The molecule has 2 aromatic carbocycles. The molecule has 24 heavy (non-hydrogen) atoms. The van der Waals surface area contributed by atoms with E-state index in [9.17, 15) is 14.4 Å². The van der Waals surface area contributed by atoms with Crippen LogP contribution in [0.1, 0.15) is 59.0 Å². The van der Waals surface area contributed by atoms with Gasteiger partial charge in [0.15, 0.2) is 11.6 Å². The molecule has 1 amide bonds. The molecule has 0 atom stereocenters. The van der Waals surface area contributed by atoms with Gasteiger partial charge in [-0.15, -0.1) is 0 Å². The van der Waals surface area contributed by atoms with Crippen LogP contribution >= 0.6 is 0 Å². The van der Waals surface area contributed by atoms with Crippen molar-refractivity contribution in [1.82, 2.24) is 0 Å². The summed E-state index contributed by atoms with van der Waals surface area (Å²) in [5.41, 5.74) is 1.25. The summed E-state index contributed by atoms with van der Waals surface area (Å²) in [5.74, 6) is -0.589. The lowest BCUT2D eigenvalue weighted by molar-refractivity contribution is -0.124. The lowest BCUT2D eigenvalue weighted by Crippen LogP contribution is -2.31. The zero-order valence-electron chi connectivity index (χ0n) is 14.0. The van der Waals surface area contributed by atoms with Crippen molar-refractivity contribution in [2.75, 3.05) is 5.32 Å². The van der Waals surface area contributed by atoms with E-state index in [-0.39, 0.29) is 23.0 Å². The maximum atomic E-state index is 12.9. The monoisotopic (exact) mass is 321 g/mol. The highest BCUT2D eigenvalue weighted by molar-refractivity contribution is 6.30. The molecule has 0 aliphatic heterocycles. The van der Waals surface area contributed by atoms with Crippen molar-refractivity contribution in [3.63, 3.8) is 0 Å². The second kappa shape index (κ2) is 5.71. The summed E-state index contributed by atoms with van der Waals surface area (Å²) in [7, 11) is 0. The fourth-order valence-corrected chi connectivity index (χ4v) is 2.70. The van der Waals surface area contributed by atoms with Crippen molar-refractivity contribution in [1.29, 1.82) is 0 Å². The number of rotatable bonds is 3. The Balaban J connectivity index is 2.09. The Kier molecular flexibility index (Phi) is 3.84. The van der Waals surface area contributed by atoms with Crippen LogP contribution in [0.25, 0.3) is 0 Å². The third-order valence-electron chi connectivity index (χ3n) is 4.70. The van der Waals surface area contributed by atoms with E-state index in [1.54, 1.807) is 42.5 Å². The summed E-state index contributed by atoms with van der Waals surface area (Å²) in [4.78, 5) is 38.0. The molecular formula is C20H19NO3. The van der Waals surface area contributed by atoms with Crippen molar-refractivity contribution < 1.29 is 14.4 Å². The smallest absolute Gasteiger partial charge is 0.230 e. The third-order valence-corrected chi connectivity index (χ3v) is 4.70. The fourth-order valence-electron chi connectivity index (χ4n) is 2.70. The summed E-state index contributed by atoms with van der Waals surface area (Å²) >= 11 is 0. The normalized spacial score (nSPS) is 13.3. The van der Waals surface area contributed by atoms with Crippen LogP contribution in [0.5, 0.6) is 0 Å². The van der Waals surface area contributed by atoms with Crippen LogP contribution in [0.3, 0.4) is 0 Å². The van der Waals surface area contributed by atoms with Crippen molar-refractivity contribution in [2.45, 2.75) is 27.2 Å². The van der Waals surface area contributed by atoms with E-state index in [4.69, 9.17) is 0 Å². The summed E-state index contributed by atoms with van der Waals surface area (Å²) < 4.78 is 0. The largest absolute Gasteiger partial charge is 0.325 e. The number of anilines is 1. The van der Waals surface area contributed by atoms with Gasteiger partial charge in [-0.3, -0.25) is 14.4 Å². The molecule has 4 nitrogen and oxygen atoms in total. The molecular weight excluding hydrogens is 302 g/mol. The predicted octanol–water partition coefficient (Wildman–Crippen LogP) is 3.84. The fraction of sp³-hybridized carbons (Fsp3) is 0.250. The van der Waals surface area contributed by atoms with Crippen LogP contribution in [0, 0.1) is 5.41 Å². The van der Waals surface area contributed by atoms with Gasteiger partial charge in [0.05, 0.1) is 11.3 Å². The number of carbonyl (C=O) groups excluding carboxylic acids is 3. The standard InChI is InChI=1S/C20H19NO3/c1-4-20(2,3)19(24)21-15-11-7-10-14-16(15)18(23)13-9-6-5-8-12(13)17(14)22/h5-11H,4H2,1-3H3,(H,21,24). The molecule has 1 aliphatic rings. The van der Waals surface area contributed by atoms with Gasteiger partial charge in [-0.25, -0.2) is 0 Å². The summed E-state index contributed by atoms with van der Waals surface area (Å²) in [6.07, 6.45) is 0.670. The van der Waals surface area contributed by atoms with E-state index in [1.807, 2.05) is 20.8 Å². The molecule has 0 saturated carbocycles. The van der Waals surface area contributed by atoms with Gasteiger partial charge in [-0.1, -0.05) is 57.2 Å². The van der Waals surface area contributed by atoms with Gasteiger partial charge in [0.1, 0.15) is 0 Å². The van der Waals surface area contributed by atoms with E-state index in [0.29, 0.717) is 28.8 Å². The number of ketones is 2. The van der Waals surface area contributed by atoms with Crippen LogP contribution in [0.15, 0.2) is 42.5 Å². The minimum atomic E-state index is -0.553. The van der Waals surface area contributed by atoms with Crippen LogP contribution in [-0.4, -0.2) is 17.5 Å². The zero-order chi connectivity index (χ0) is 17.5. The van der Waals surface area contributed by atoms with E-state index in [0.717, 1.165) is 0 Å². The Morgan fingerprint density at radius 1 is 0.917 bits per heavy atom. The summed E-state index contributed by atoms with van der Waals surface area (Å²) in [6.45, 7) is 5.63. The highest BCUT2D eigenvalue weighted by Gasteiger charge is 2.33. The molecule has 0 radical (unpaired) electrons. The van der Waals surface area contributed by atoms with Gasteiger partial charge in [-0.2, -0.15) is 0 Å². The van der Waals surface area contributed by atoms with Crippen molar-refractivity contribution in [2.24, 2.45) is 5.41 Å². The Hall–Kier alpha value is -2.75. The first-order valence-electron chi connectivity index (χ1n) is 7.99. The van der Waals surface area contributed by atoms with Gasteiger partial charge >= 0.3 is 0 Å². The molecule has 0 spiro atoms. The minimum absolute atomic E-state index is 0.169. The van der Waals surface area contributed by atoms with Gasteiger partial charge in [0.25, 0.3) is 0 Å². The number of carbonyl (C=O) groups is 3. The molecule has 0 saturated heterocycles. The van der Waals surface area contributed by atoms with Crippen molar-refractivity contribution in [3.8, 4) is 0 Å². The molecule has 122 valence electrons. The number of hydrogen-bond acceptors (Lipinski definition) is 3. The highest BCUT2D eigenvalue weighted by atomic mass is 16.2. The SMILES string of the molecule is CCC(C)(C)C(=O)Nc1cccc2c1C(=O)c1ccccc1C2=O. The third kappa shape index (κ3) is 2.44. The molecule has 4 heteroatoms. The average molecular weight is 321 g/mol. The summed E-state index contributed by atoms with van der Waals surface area (Å²) in [5, 5.41) is 2.83. The predicted molar refractivity (Wildman–Crippen MR) is 92.5 cm³/mol. The van der Waals surface area contributed by atoms with E-state index < -0.39 is 5.41 Å². The van der Waals surface area contributed by atoms with Crippen molar-refractivity contribution in [3.05, 3.63) is 64.7 Å². The number of hydrogen-bond donors (Lipinski definition) is 1. The quantitative estimate of drug-likeness (QED) is 0.797. The van der Waals surface area contributed by atoms with Crippen LogP contribution in [0.4, 0.5) is 5.69 Å². The number of fused-ring (bicyclic) bond motifs is 2. The maximum Gasteiger partial charge on any atom is 0.230 e. The Morgan fingerprint density at radius 3 is 2.12 bits per heavy atom. The first-order chi connectivity index (χ1) is 11.4. The molecule has 0 bridgehead atoms. The molecule has 2 aromatic rings. The molecule has 0 unspecified atom stereocenters. The molecule has 3 rings (SSSR count). The molecule has 1 aliphatic carbocycles. The lowest BCUT2D eigenvalue weighted by Gasteiger charge is -2.24. The van der Waals surface area contributed by atoms with Crippen LogP contribution in [0.2, 0.25) is 0 Å². The number of benzene rings is 2. The topological polar surface area (TPSA) is 63.2 Å². The van der Waals surface area contributed by atoms with Gasteiger partial charge < -0.3 is 5.32 Å². The van der Waals surface area contributed by atoms with E-state index in [1.165, 1.54) is 0 Å². The molecule has 0 heterocycles. The van der Waals surface area contributed by atoms with E-state index in [2.05, 4.69) is 5.32 Å². The second-order valence-electron chi connectivity index (χ2n) is 6.62. The highest BCUT2D eigenvalue weighted by Crippen LogP contribution is 2.33. The first kappa shape index (κ1) is 16.1. The van der Waals surface area contributed by atoms with Crippen LogP contribution < -0.4 is 5.32 Å². The average Bonchev–Trinajstić information content (AvgIpc) is 2.59. The summed E-state index contributed by atoms with van der Waals surface area (Å²) in [6, 6.07) is 11.8. The minimum Gasteiger partial charge on any atom is -0.325 e. The number of amides is 1. The molecule has 0 aromatic heterocycles. The lowest BCUT2D eigenvalue weighted by atomic mass is 9.83. The van der Waals surface area contributed by atoms with Gasteiger partial charge in [-0.05, 0) is 12.5 Å². The zero-order valence-corrected chi connectivity index (χ0v) is 14.0. The Labute approximate surface area is 140 Å². The van der Waals surface area contributed by atoms with E-state index >= 15 is 0 Å². The maximum absolute atomic E-state index is 12.9. The van der Waals surface area contributed by atoms with Gasteiger partial charge in [0.2, 0.25) is 5.91 Å².